The summed E-state index contributed by atoms with van der Waals surface area (Å²) in [5.41, 5.74) is 13.4. The van der Waals surface area contributed by atoms with E-state index in [-0.39, 0.29) is 57.4 Å². The Morgan fingerprint density at radius 1 is 1.07 bits per heavy atom. The summed E-state index contributed by atoms with van der Waals surface area (Å²) in [6.45, 7) is 0.508. The number of ether oxygens (including phenoxy) is 2. The number of fused-ring (bicyclic) bond motifs is 1. The topological polar surface area (TPSA) is 178 Å². The van der Waals surface area contributed by atoms with Crippen LogP contribution in [0.2, 0.25) is 0 Å². The van der Waals surface area contributed by atoms with Gasteiger partial charge in [-0.3, -0.25) is 14.6 Å². The minimum atomic E-state index is -1.55. The summed E-state index contributed by atoms with van der Waals surface area (Å²) in [6, 6.07) is 13.9. The van der Waals surface area contributed by atoms with Gasteiger partial charge in [0.05, 0.1) is 6.61 Å². The Kier molecular flexibility index (Phi) is 9.91. The highest BCUT2D eigenvalue weighted by atomic mass is 16.6. The van der Waals surface area contributed by atoms with Gasteiger partial charge in [0.2, 0.25) is 0 Å². The predicted octanol–water partition coefficient (Wildman–Crippen LogP) is 1.79. The first-order chi connectivity index (χ1) is 19.8. The largest absolute Gasteiger partial charge is 0.480 e. The molecule has 0 saturated carbocycles. The van der Waals surface area contributed by atoms with Crippen molar-refractivity contribution in [2.75, 3.05) is 13.1 Å². The van der Waals surface area contributed by atoms with Crippen molar-refractivity contribution in [1.82, 2.24) is 9.80 Å². The van der Waals surface area contributed by atoms with Crippen molar-refractivity contribution in [3.63, 3.8) is 0 Å². The van der Waals surface area contributed by atoms with Gasteiger partial charge in [0.25, 0.3) is 11.8 Å². The van der Waals surface area contributed by atoms with E-state index < -0.39 is 36.2 Å². The summed E-state index contributed by atoms with van der Waals surface area (Å²) in [4.78, 5) is 59.1. The predicted molar refractivity (Wildman–Crippen MR) is 148 cm³/mol. The van der Waals surface area contributed by atoms with E-state index in [1.165, 1.54) is 4.90 Å². The van der Waals surface area contributed by atoms with Gasteiger partial charge in [-0.2, -0.15) is 0 Å². The molecule has 2 aliphatic heterocycles. The molecule has 0 aliphatic carbocycles. The Morgan fingerprint density at radius 2 is 1.78 bits per heavy atom. The number of imide groups is 1. The van der Waals surface area contributed by atoms with Crippen LogP contribution < -0.4 is 11.5 Å². The fourth-order valence-corrected chi connectivity index (χ4v) is 5.15. The Morgan fingerprint density at radius 3 is 2.49 bits per heavy atom. The van der Waals surface area contributed by atoms with Crippen molar-refractivity contribution in [2.24, 2.45) is 16.5 Å². The van der Waals surface area contributed by atoms with Crippen LogP contribution in [-0.4, -0.2) is 76.0 Å². The van der Waals surface area contributed by atoms with Crippen LogP contribution >= 0.6 is 0 Å². The number of carboxylic acid groups (broad SMARTS) is 1. The monoisotopic (exact) mass is 565 g/mol. The van der Waals surface area contributed by atoms with Gasteiger partial charge in [-0.25, -0.2) is 14.5 Å². The van der Waals surface area contributed by atoms with Gasteiger partial charge in [0.1, 0.15) is 24.8 Å². The second-order valence-corrected chi connectivity index (χ2v) is 10.0. The average Bonchev–Trinajstić information content (AvgIpc) is 3.47. The van der Waals surface area contributed by atoms with Crippen molar-refractivity contribution in [3.05, 3.63) is 71.3 Å². The lowest BCUT2D eigenvalue weighted by atomic mass is 9.98. The maximum atomic E-state index is 13.9. The van der Waals surface area contributed by atoms with Crippen molar-refractivity contribution in [2.45, 2.75) is 63.5 Å². The van der Waals surface area contributed by atoms with Crippen LogP contribution in [0.25, 0.3) is 0 Å². The van der Waals surface area contributed by atoms with Crippen LogP contribution in [0.3, 0.4) is 0 Å². The molecule has 0 bridgehead atoms. The molecule has 5 N–H and O–H groups in total. The van der Waals surface area contributed by atoms with E-state index in [0.29, 0.717) is 23.3 Å². The lowest BCUT2D eigenvalue weighted by Gasteiger charge is -2.34. The van der Waals surface area contributed by atoms with E-state index in [9.17, 15) is 24.3 Å². The first kappa shape index (κ1) is 29.5. The maximum absolute atomic E-state index is 13.9. The number of carboxylic acids is 1. The molecule has 3 atom stereocenters. The Hall–Kier alpha value is -4.45. The van der Waals surface area contributed by atoms with Crippen LogP contribution in [0.1, 0.15) is 42.4 Å². The van der Waals surface area contributed by atoms with Crippen molar-refractivity contribution in [3.8, 4) is 0 Å². The molecule has 41 heavy (non-hydrogen) atoms. The third-order valence-electron chi connectivity index (χ3n) is 7.23. The third kappa shape index (κ3) is 7.40. The van der Waals surface area contributed by atoms with Crippen LogP contribution in [0.5, 0.6) is 0 Å². The first-order valence-corrected chi connectivity index (χ1v) is 13.6. The standard InChI is InChI=1S/C29H35N5O7/c30-28(31)32-14-6-12-23(27(37)38)34(29(39)41-17-19-8-2-1-3-9-19)25(35)22-13-7-15-33(22)26(36)24-16-20-10-4-5-11-21(20)18-40-24/h1-5,8-11,22-24H,6-7,12-18H2,(H,37,38)(H4,30,31,32)/t22-,23-,24?/m0/s1. The number of hydrogen-bond donors (Lipinski definition) is 3. The van der Waals surface area contributed by atoms with E-state index in [2.05, 4.69) is 4.99 Å². The molecule has 2 heterocycles. The minimum Gasteiger partial charge on any atom is -0.480 e. The number of carbonyl (C=O) groups is 4. The molecule has 0 spiro atoms. The second kappa shape index (κ2) is 13.8. The summed E-state index contributed by atoms with van der Waals surface area (Å²) < 4.78 is 11.2. The summed E-state index contributed by atoms with van der Waals surface area (Å²) in [7, 11) is 0. The Bertz CT molecular complexity index is 1280. The molecule has 1 unspecified atom stereocenters. The summed E-state index contributed by atoms with van der Waals surface area (Å²) >= 11 is 0. The normalized spacial score (nSPS) is 18.6. The highest BCUT2D eigenvalue weighted by Gasteiger charge is 2.45. The average molecular weight is 566 g/mol. The molecule has 1 saturated heterocycles. The van der Waals surface area contributed by atoms with Crippen LogP contribution in [0.15, 0.2) is 59.6 Å². The number of benzene rings is 2. The number of nitrogens with two attached hydrogens (primary N) is 2. The molecule has 0 aromatic heterocycles. The second-order valence-electron chi connectivity index (χ2n) is 10.0. The summed E-state index contributed by atoms with van der Waals surface area (Å²) in [5, 5.41) is 10.1. The zero-order valence-electron chi connectivity index (χ0n) is 22.7. The minimum absolute atomic E-state index is 0.110. The highest BCUT2D eigenvalue weighted by molar-refractivity contribution is 6.01. The van der Waals surface area contributed by atoms with Gasteiger partial charge in [0, 0.05) is 19.5 Å². The molecule has 12 heteroatoms. The number of rotatable bonds is 10. The molecule has 1 fully saturated rings. The van der Waals surface area contributed by atoms with Crippen LogP contribution in [0.4, 0.5) is 4.79 Å². The molecule has 2 aliphatic rings. The van der Waals surface area contributed by atoms with E-state index >= 15 is 0 Å². The molecule has 2 aromatic carbocycles. The van der Waals surface area contributed by atoms with Gasteiger partial charge >= 0.3 is 12.1 Å². The number of guanidine groups is 1. The van der Waals surface area contributed by atoms with E-state index in [0.717, 1.165) is 11.1 Å². The number of carbonyl (C=O) groups excluding carboxylic acids is 3. The van der Waals surface area contributed by atoms with Gasteiger partial charge in [-0.15, -0.1) is 0 Å². The summed E-state index contributed by atoms with van der Waals surface area (Å²) in [5.74, 6) is -2.71. The summed E-state index contributed by atoms with van der Waals surface area (Å²) in [6.07, 6.45) is -0.661. The van der Waals surface area contributed by atoms with Gasteiger partial charge in [-0.05, 0) is 42.4 Å². The molecular formula is C29H35N5O7. The van der Waals surface area contributed by atoms with E-state index in [4.69, 9.17) is 20.9 Å². The molecule has 4 rings (SSSR count). The zero-order chi connectivity index (χ0) is 29.4. The first-order valence-electron chi connectivity index (χ1n) is 13.6. The highest BCUT2D eigenvalue weighted by Crippen LogP contribution is 2.27. The molecule has 218 valence electrons. The molecular weight excluding hydrogens is 530 g/mol. The SMILES string of the molecule is NC(N)=NCCC[C@@H](C(=O)O)N(C(=O)OCc1ccccc1)C(=O)[C@@H]1CCCN1C(=O)C1Cc2ccccc2CO1. The van der Waals surface area contributed by atoms with Crippen molar-refractivity contribution < 1.29 is 33.8 Å². The van der Waals surface area contributed by atoms with Gasteiger partial charge < -0.3 is 30.9 Å². The number of amides is 3. The maximum Gasteiger partial charge on any atom is 0.417 e. The van der Waals surface area contributed by atoms with E-state index in [1.807, 2.05) is 24.3 Å². The number of likely N-dealkylation sites (tertiary alicyclic amines) is 1. The number of aliphatic imine (C=N–C) groups is 1. The fourth-order valence-electron chi connectivity index (χ4n) is 5.15. The van der Waals surface area contributed by atoms with Crippen LogP contribution in [-0.2, 0) is 43.5 Å². The quantitative estimate of drug-likeness (QED) is 0.220. The smallest absolute Gasteiger partial charge is 0.417 e. The Balaban J connectivity index is 1.54. The molecule has 3 amide bonds. The Labute approximate surface area is 237 Å². The number of hydrogen-bond acceptors (Lipinski definition) is 7. The zero-order valence-corrected chi connectivity index (χ0v) is 22.7. The molecule has 0 radical (unpaired) electrons. The lowest BCUT2D eigenvalue weighted by Crippen LogP contribution is -2.57. The van der Waals surface area contributed by atoms with Gasteiger partial charge in [0.15, 0.2) is 5.96 Å². The lowest BCUT2D eigenvalue weighted by molar-refractivity contribution is -0.155. The number of nitrogens with zero attached hydrogens (tertiary/aromatic N) is 3. The molecule has 12 nitrogen and oxygen atoms in total. The fraction of sp³-hybridized carbons (Fsp3) is 0.414. The number of aliphatic carboxylic acids is 1. The van der Waals surface area contributed by atoms with Crippen molar-refractivity contribution >= 4 is 29.8 Å². The van der Waals surface area contributed by atoms with E-state index in [1.54, 1.807) is 30.3 Å². The molecule has 2 aromatic rings. The van der Waals surface area contributed by atoms with Crippen LogP contribution in [0, 0.1) is 0 Å². The van der Waals surface area contributed by atoms with Gasteiger partial charge in [-0.1, -0.05) is 54.6 Å². The van der Waals surface area contributed by atoms with Crippen molar-refractivity contribution in [1.29, 1.82) is 0 Å². The third-order valence-corrected chi connectivity index (χ3v) is 7.23.